The highest BCUT2D eigenvalue weighted by atomic mass is 35.5. The van der Waals surface area contributed by atoms with E-state index >= 15 is 0 Å². The zero-order valence-electron chi connectivity index (χ0n) is 13.8. The number of nitro groups is 1. The van der Waals surface area contributed by atoms with Crippen molar-refractivity contribution < 1.29 is 24.0 Å². The van der Waals surface area contributed by atoms with Gasteiger partial charge in [-0.15, -0.1) is 0 Å². The molecule has 0 saturated heterocycles. The first-order chi connectivity index (χ1) is 11.0. The van der Waals surface area contributed by atoms with Gasteiger partial charge in [0.15, 0.2) is 11.6 Å². The lowest BCUT2D eigenvalue weighted by Gasteiger charge is -2.30. The molecule has 1 amide bonds. The van der Waals surface area contributed by atoms with Gasteiger partial charge >= 0.3 is 12.1 Å². The molecule has 132 valence electrons. The maximum Gasteiger partial charge on any atom is 0.408 e. The fourth-order valence-corrected chi connectivity index (χ4v) is 1.97. The summed E-state index contributed by atoms with van der Waals surface area (Å²) < 4.78 is 9.92. The molecule has 0 radical (unpaired) electrons. The number of hydrogen-bond donors (Lipinski definition) is 1. The molecule has 1 atom stereocenters. The molecule has 0 heterocycles. The van der Waals surface area contributed by atoms with Gasteiger partial charge in [-0.2, -0.15) is 0 Å². The van der Waals surface area contributed by atoms with Crippen molar-refractivity contribution in [2.75, 3.05) is 6.07 Å². The lowest BCUT2D eigenvalue weighted by molar-refractivity contribution is -0.385. The molecule has 8 nitrogen and oxygen atoms in total. The van der Waals surface area contributed by atoms with E-state index in [1.54, 1.807) is 20.8 Å². The van der Waals surface area contributed by atoms with Gasteiger partial charge < -0.3 is 14.8 Å². The van der Waals surface area contributed by atoms with E-state index in [1.807, 2.05) is 0 Å². The molecule has 1 unspecified atom stereocenters. The van der Waals surface area contributed by atoms with E-state index < -0.39 is 34.2 Å². The number of rotatable bonds is 5. The molecular formula is C15H19ClN2O6. The van der Waals surface area contributed by atoms with Gasteiger partial charge in [0.05, 0.1) is 4.92 Å². The molecule has 0 bridgehead atoms. The predicted octanol–water partition coefficient (Wildman–Crippen LogP) is 3.07. The van der Waals surface area contributed by atoms with Gasteiger partial charge in [0.1, 0.15) is 5.60 Å². The molecule has 0 saturated carbocycles. The van der Waals surface area contributed by atoms with Crippen molar-refractivity contribution >= 4 is 29.4 Å². The van der Waals surface area contributed by atoms with Gasteiger partial charge in [-0.1, -0.05) is 23.7 Å². The van der Waals surface area contributed by atoms with Crippen LogP contribution in [0, 0.1) is 10.1 Å². The predicted molar refractivity (Wildman–Crippen MR) is 86.6 cm³/mol. The van der Waals surface area contributed by atoms with Crippen LogP contribution in [0.5, 0.6) is 0 Å². The number of carbonyl (C=O) groups excluding carboxylic acids is 2. The first-order valence-corrected chi connectivity index (χ1v) is 7.52. The molecule has 1 N–H and O–H groups in total. The van der Waals surface area contributed by atoms with Crippen LogP contribution >= 0.6 is 11.6 Å². The van der Waals surface area contributed by atoms with E-state index in [2.05, 4.69) is 5.32 Å². The Morgan fingerprint density at radius 3 is 2.42 bits per heavy atom. The number of esters is 1. The highest BCUT2D eigenvalue weighted by Crippen LogP contribution is 2.27. The highest BCUT2D eigenvalue weighted by molar-refractivity contribution is 6.17. The number of amides is 1. The van der Waals surface area contributed by atoms with Crippen LogP contribution in [0.25, 0.3) is 0 Å². The summed E-state index contributed by atoms with van der Waals surface area (Å²) in [7, 11) is 0. The Morgan fingerprint density at radius 2 is 1.92 bits per heavy atom. The number of nitrogens with one attached hydrogen (secondary N) is 1. The minimum absolute atomic E-state index is 0.165. The second kappa shape index (κ2) is 7.48. The van der Waals surface area contributed by atoms with Crippen LogP contribution in [0.15, 0.2) is 24.3 Å². The molecule has 1 aromatic rings. The summed E-state index contributed by atoms with van der Waals surface area (Å²) in [6, 6.07) is 4.87. The highest BCUT2D eigenvalue weighted by Gasteiger charge is 2.40. The van der Waals surface area contributed by atoms with E-state index in [0.29, 0.717) is 0 Å². The summed E-state index contributed by atoms with van der Waals surface area (Å²) in [6.07, 6.45) is -0.872. The average Bonchev–Trinajstić information content (AvgIpc) is 2.45. The third kappa shape index (κ3) is 5.09. The summed E-state index contributed by atoms with van der Waals surface area (Å²) in [5.74, 6) is -0.871. The Bertz CT molecular complexity index is 643. The lowest BCUT2D eigenvalue weighted by atomic mass is 9.91. The van der Waals surface area contributed by atoms with Crippen molar-refractivity contribution in [3.63, 3.8) is 0 Å². The van der Waals surface area contributed by atoms with Gasteiger partial charge in [0.25, 0.3) is 5.69 Å². The first-order valence-electron chi connectivity index (χ1n) is 6.99. The summed E-state index contributed by atoms with van der Waals surface area (Å²) in [5.41, 5.74) is -2.56. The van der Waals surface area contributed by atoms with Gasteiger partial charge in [-0.25, -0.2) is 9.59 Å². The quantitative estimate of drug-likeness (QED) is 0.375. The van der Waals surface area contributed by atoms with Crippen LogP contribution in [-0.2, 0) is 19.8 Å². The number of halogens is 1. The lowest BCUT2D eigenvalue weighted by Crippen LogP contribution is -2.51. The average molecular weight is 359 g/mol. The number of ether oxygens (including phenoxy) is 2. The van der Waals surface area contributed by atoms with Gasteiger partial charge in [-0.05, 0) is 33.3 Å². The van der Waals surface area contributed by atoms with Gasteiger partial charge in [-0.3, -0.25) is 10.1 Å². The molecule has 24 heavy (non-hydrogen) atoms. The summed E-state index contributed by atoms with van der Waals surface area (Å²) in [4.78, 5) is 34.7. The summed E-state index contributed by atoms with van der Waals surface area (Å²) in [6.45, 7) is 6.34. The monoisotopic (exact) mass is 358 g/mol. The Hall–Kier alpha value is -2.35. The number of benzene rings is 1. The van der Waals surface area contributed by atoms with Crippen LogP contribution in [0.3, 0.4) is 0 Å². The number of carbonyl (C=O) groups is 2. The number of non-ortho nitro benzene ring substituents is 1. The SMILES string of the molecule is CC(C)(C)OC(=O)NC(C)(C(=O)OCCl)c1cccc([N+](=O)[O-])c1. The minimum atomic E-state index is -1.71. The van der Waals surface area contributed by atoms with Gasteiger partial charge in [0.2, 0.25) is 0 Å². The maximum atomic E-state index is 12.3. The van der Waals surface area contributed by atoms with Crippen molar-refractivity contribution in [1.29, 1.82) is 0 Å². The number of nitro benzene ring substituents is 1. The summed E-state index contributed by atoms with van der Waals surface area (Å²) >= 11 is 5.42. The number of alkyl carbamates (subject to hydrolysis) is 1. The van der Waals surface area contributed by atoms with Crippen molar-refractivity contribution in [2.45, 2.75) is 38.8 Å². The Balaban J connectivity index is 3.24. The molecule has 0 fully saturated rings. The third-order valence-electron chi connectivity index (χ3n) is 2.98. The standard InChI is InChI=1S/C15H19ClN2O6/c1-14(2,3)24-13(20)17-15(4,12(19)23-9-16)10-6-5-7-11(8-10)18(21)22/h5-8H,9H2,1-4H3,(H,17,20). The van der Waals surface area contributed by atoms with Crippen LogP contribution in [0.2, 0.25) is 0 Å². The molecule has 0 spiro atoms. The maximum absolute atomic E-state index is 12.3. The number of hydrogen-bond acceptors (Lipinski definition) is 6. The molecule has 9 heteroatoms. The molecule has 1 aromatic carbocycles. The molecular weight excluding hydrogens is 340 g/mol. The second-order valence-corrected chi connectivity index (χ2v) is 6.32. The Kier molecular flexibility index (Phi) is 6.14. The van der Waals surface area contributed by atoms with Gasteiger partial charge in [0, 0.05) is 12.1 Å². The first kappa shape index (κ1) is 19.7. The van der Waals surface area contributed by atoms with E-state index in [9.17, 15) is 19.7 Å². The van der Waals surface area contributed by atoms with E-state index in [0.717, 1.165) is 0 Å². The zero-order chi connectivity index (χ0) is 18.5. The molecule has 0 aliphatic heterocycles. The van der Waals surface area contributed by atoms with E-state index in [-0.39, 0.29) is 11.3 Å². The number of alkyl halides is 1. The van der Waals surface area contributed by atoms with E-state index in [1.165, 1.54) is 31.2 Å². The van der Waals surface area contributed by atoms with E-state index in [4.69, 9.17) is 21.1 Å². The molecule has 0 aromatic heterocycles. The van der Waals surface area contributed by atoms with Crippen LogP contribution in [-0.4, -0.2) is 28.7 Å². The smallest absolute Gasteiger partial charge is 0.408 e. The van der Waals surface area contributed by atoms with Crippen molar-refractivity contribution in [1.82, 2.24) is 5.32 Å². The van der Waals surface area contributed by atoms with Crippen molar-refractivity contribution in [3.8, 4) is 0 Å². The molecule has 0 aliphatic rings. The third-order valence-corrected chi connectivity index (χ3v) is 3.09. The number of nitrogens with zero attached hydrogens (tertiary/aromatic N) is 1. The minimum Gasteiger partial charge on any atom is -0.447 e. The largest absolute Gasteiger partial charge is 0.447 e. The Morgan fingerprint density at radius 1 is 1.29 bits per heavy atom. The molecule has 0 aliphatic carbocycles. The van der Waals surface area contributed by atoms with Crippen LogP contribution in [0.1, 0.15) is 33.3 Å². The van der Waals surface area contributed by atoms with Crippen LogP contribution < -0.4 is 5.32 Å². The topological polar surface area (TPSA) is 108 Å². The second-order valence-electron chi connectivity index (χ2n) is 6.10. The Labute approximate surface area is 144 Å². The normalized spacial score (nSPS) is 13.5. The van der Waals surface area contributed by atoms with Crippen molar-refractivity contribution in [3.05, 3.63) is 39.9 Å². The fourth-order valence-electron chi connectivity index (χ4n) is 1.87. The van der Waals surface area contributed by atoms with Crippen LogP contribution in [0.4, 0.5) is 10.5 Å². The van der Waals surface area contributed by atoms with Crippen molar-refractivity contribution in [2.24, 2.45) is 0 Å². The molecule has 1 rings (SSSR count). The summed E-state index contributed by atoms with van der Waals surface area (Å²) in [5, 5.41) is 13.3. The fraction of sp³-hybridized carbons (Fsp3) is 0.467. The zero-order valence-corrected chi connectivity index (χ0v) is 14.5.